The van der Waals surface area contributed by atoms with Crippen LogP contribution in [-0.2, 0) is 14.3 Å². The third-order valence-corrected chi connectivity index (χ3v) is 3.76. The fourth-order valence-corrected chi connectivity index (χ4v) is 2.26. The van der Waals surface area contributed by atoms with E-state index >= 15 is 0 Å². The monoisotopic (exact) mass is 304 g/mol. The molecule has 0 aliphatic carbocycles. The number of hydrogen-bond acceptors (Lipinski definition) is 5. The lowest BCUT2D eigenvalue weighted by Crippen LogP contribution is -2.19. The van der Waals surface area contributed by atoms with Crippen LogP contribution in [0.2, 0.25) is 0 Å². The lowest BCUT2D eigenvalue weighted by molar-refractivity contribution is -0.156. The average Bonchev–Trinajstić information content (AvgIpc) is 2.43. The Balaban J connectivity index is 3.76. The van der Waals surface area contributed by atoms with Crippen molar-refractivity contribution in [2.45, 2.75) is 65.7 Å². The first kappa shape index (κ1) is 19.3. The first-order valence-electron chi connectivity index (χ1n) is 7.61. The molecular weight excluding hydrogens is 276 g/mol. The molecule has 0 spiro atoms. The Morgan fingerprint density at radius 2 is 1.70 bits per heavy atom. The van der Waals surface area contributed by atoms with Crippen LogP contribution in [0.5, 0.6) is 0 Å². The van der Waals surface area contributed by atoms with E-state index in [9.17, 15) is 9.59 Å². The van der Waals surface area contributed by atoms with Crippen LogP contribution in [0.4, 0.5) is 4.79 Å². The molecule has 0 aromatic rings. The Kier molecular flexibility index (Phi) is 12.8. The third kappa shape index (κ3) is 10.1. The first-order valence-corrected chi connectivity index (χ1v) is 8.60. The second kappa shape index (κ2) is 13.3. The van der Waals surface area contributed by atoms with Gasteiger partial charge in [-0.25, -0.2) is 4.79 Å². The Morgan fingerprint density at radius 1 is 1.00 bits per heavy atom. The van der Waals surface area contributed by atoms with E-state index in [4.69, 9.17) is 9.47 Å². The zero-order valence-corrected chi connectivity index (χ0v) is 13.8. The van der Waals surface area contributed by atoms with Gasteiger partial charge in [-0.3, -0.25) is 4.79 Å². The van der Waals surface area contributed by atoms with Gasteiger partial charge in [0.05, 0.1) is 5.92 Å². The van der Waals surface area contributed by atoms with E-state index in [-0.39, 0.29) is 18.7 Å². The van der Waals surface area contributed by atoms with Crippen molar-refractivity contribution in [1.82, 2.24) is 0 Å². The van der Waals surface area contributed by atoms with E-state index in [0.29, 0.717) is 5.75 Å². The molecule has 5 heteroatoms. The minimum absolute atomic E-state index is 0.0749. The molecule has 118 valence electrons. The highest BCUT2D eigenvalue weighted by Crippen LogP contribution is 2.16. The van der Waals surface area contributed by atoms with Crippen LogP contribution in [0.3, 0.4) is 0 Å². The lowest BCUT2D eigenvalue weighted by atomic mass is 9.98. The highest BCUT2D eigenvalue weighted by atomic mass is 32.2. The minimum Gasteiger partial charge on any atom is -0.428 e. The fourth-order valence-electron chi connectivity index (χ4n) is 1.90. The topological polar surface area (TPSA) is 52.6 Å². The van der Waals surface area contributed by atoms with Gasteiger partial charge in [-0.1, -0.05) is 52.9 Å². The van der Waals surface area contributed by atoms with E-state index in [1.807, 2.05) is 13.8 Å². The largest absolute Gasteiger partial charge is 0.428 e. The Bertz CT molecular complexity index is 269. The van der Waals surface area contributed by atoms with Gasteiger partial charge in [-0.15, -0.1) is 0 Å². The highest BCUT2D eigenvalue weighted by Gasteiger charge is 2.18. The highest BCUT2D eigenvalue weighted by molar-refractivity contribution is 8.13. The van der Waals surface area contributed by atoms with Gasteiger partial charge in [-0.05, 0) is 24.6 Å². The van der Waals surface area contributed by atoms with Crippen LogP contribution in [0.15, 0.2) is 0 Å². The molecule has 0 aliphatic heterocycles. The first-order chi connectivity index (χ1) is 9.65. The van der Waals surface area contributed by atoms with Gasteiger partial charge >= 0.3 is 11.3 Å². The Labute approximate surface area is 127 Å². The van der Waals surface area contributed by atoms with Gasteiger partial charge in [0.1, 0.15) is 0 Å². The Morgan fingerprint density at radius 3 is 2.30 bits per heavy atom. The summed E-state index contributed by atoms with van der Waals surface area (Å²) in [6.45, 7) is 5.77. The van der Waals surface area contributed by atoms with Crippen molar-refractivity contribution in [2.75, 3.05) is 12.5 Å². The van der Waals surface area contributed by atoms with Gasteiger partial charge in [0.15, 0.2) is 0 Å². The molecule has 0 N–H and O–H groups in total. The number of ether oxygens (including phenoxy) is 2. The maximum absolute atomic E-state index is 11.8. The summed E-state index contributed by atoms with van der Waals surface area (Å²) < 4.78 is 9.78. The van der Waals surface area contributed by atoms with Crippen molar-refractivity contribution >= 4 is 23.0 Å². The number of unbranched alkanes of at least 4 members (excludes halogenated alkanes) is 4. The summed E-state index contributed by atoms with van der Waals surface area (Å²) in [6, 6.07) is 0. The standard InChI is InChI=1S/C15H28O4S/c1-4-7-8-9-10-11-13(5-2)14(16)18-12-19-15(17)20-6-3/h13H,4-12H2,1-3H3. The summed E-state index contributed by atoms with van der Waals surface area (Å²) in [6.07, 6.45) is 7.56. The van der Waals surface area contributed by atoms with Crippen molar-refractivity contribution < 1.29 is 19.1 Å². The second-order valence-corrected chi connectivity index (χ2v) is 5.92. The molecule has 1 atom stereocenters. The van der Waals surface area contributed by atoms with Crippen LogP contribution < -0.4 is 0 Å². The predicted molar refractivity (Wildman–Crippen MR) is 82.7 cm³/mol. The quantitative estimate of drug-likeness (QED) is 0.313. The van der Waals surface area contributed by atoms with Crippen molar-refractivity contribution in [3.05, 3.63) is 0 Å². The predicted octanol–water partition coefficient (Wildman–Crippen LogP) is 4.76. The summed E-state index contributed by atoms with van der Waals surface area (Å²) in [5, 5.41) is -0.395. The SMILES string of the molecule is CCCCCCCC(CC)C(=O)OCOC(=O)SCC. The number of thioether (sulfide) groups is 1. The molecule has 0 saturated heterocycles. The van der Waals surface area contributed by atoms with E-state index in [1.165, 1.54) is 25.7 Å². The summed E-state index contributed by atoms with van der Waals surface area (Å²) >= 11 is 1.07. The van der Waals surface area contributed by atoms with Crippen LogP contribution in [0, 0.1) is 5.92 Å². The molecule has 0 rings (SSSR count). The zero-order chi connectivity index (χ0) is 15.2. The summed E-state index contributed by atoms with van der Waals surface area (Å²) in [7, 11) is 0. The van der Waals surface area contributed by atoms with Crippen molar-refractivity contribution in [1.29, 1.82) is 0 Å². The molecule has 20 heavy (non-hydrogen) atoms. The molecule has 0 radical (unpaired) electrons. The van der Waals surface area contributed by atoms with Gasteiger partial charge in [0, 0.05) is 5.75 Å². The minimum atomic E-state index is -0.395. The number of carbonyl (C=O) groups excluding carboxylic acids is 2. The molecule has 0 aromatic carbocycles. The van der Waals surface area contributed by atoms with Gasteiger partial charge in [0.25, 0.3) is 0 Å². The lowest BCUT2D eigenvalue weighted by Gasteiger charge is -2.13. The summed E-state index contributed by atoms with van der Waals surface area (Å²) in [5.41, 5.74) is 0. The van der Waals surface area contributed by atoms with Crippen LogP contribution in [-0.4, -0.2) is 23.8 Å². The molecule has 0 amide bonds. The molecule has 0 aromatic heterocycles. The van der Waals surface area contributed by atoms with Crippen molar-refractivity contribution in [3.8, 4) is 0 Å². The van der Waals surface area contributed by atoms with Crippen molar-refractivity contribution in [2.24, 2.45) is 5.92 Å². The van der Waals surface area contributed by atoms with Gasteiger partial charge in [-0.2, -0.15) is 0 Å². The second-order valence-electron chi connectivity index (χ2n) is 4.72. The van der Waals surface area contributed by atoms with E-state index in [0.717, 1.165) is 31.0 Å². The van der Waals surface area contributed by atoms with Crippen LogP contribution in [0.1, 0.15) is 65.7 Å². The molecular formula is C15H28O4S. The van der Waals surface area contributed by atoms with Gasteiger partial charge < -0.3 is 9.47 Å². The summed E-state index contributed by atoms with van der Waals surface area (Å²) in [5.74, 6) is 0.328. The third-order valence-electron chi connectivity index (χ3n) is 3.12. The van der Waals surface area contributed by atoms with Crippen LogP contribution >= 0.6 is 11.8 Å². The maximum atomic E-state index is 11.8. The van der Waals surface area contributed by atoms with E-state index < -0.39 is 5.30 Å². The maximum Gasteiger partial charge on any atom is 0.370 e. The van der Waals surface area contributed by atoms with Gasteiger partial charge in [0.2, 0.25) is 6.79 Å². The normalized spacial score (nSPS) is 11.9. The zero-order valence-electron chi connectivity index (χ0n) is 13.0. The average molecular weight is 304 g/mol. The molecule has 4 nitrogen and oxygen atoms in total. The molecule has 1 unspecified atom stereocenters. The number of rotatable bonds is 11. The van der Waals surface area contributed by atoms with E-state index in [1.54, 1.807) is 0 Å². The summed E-state index contributed by atoms with van der Waals surface area (Å²) in [4.78, 5) is 22.9. The number of esters is 1. The van der Waals surface area contributed by atoms with Crippen molar-refractivity contribution in [3.63, 3.8) is 0 Å². The number of hydrogen-bond donors (Lipinski definition) is 0. The molecule has 0 fully saturated rings. The Hall–Kier alpha value is -0.710. The number of carbonyl (C=O) groups is 2. The molecule has 0 aliphatic rings. The molecule has 0 bridgehead atoms. The molecule has 0 heterocycles. The van der Waals surface area contributed by atoms with Crippen LogP contribution in [0.25, 0.3) is 0 Å². The fraction of sp³-hybridized carbons (Fsp3) is 0.867. The molecule has 0 saturated carbocycles. The van der Waals surface area contributed by atoms with E-state index in [2.05, 4.69) is 6.92 Å². The smallest absolute Gasteiger partial charge is 0.370 e.